The molecule has 3 aromatic rings. The van der Waals surface area contributed by atoms with Crippen LogP contribution in [0.5, 0.6) is 0 Å². The lowest BCUT2D eigenvalue weighted by molar-refractivity contribution is -0.115. The Bertz CT molecular complexity index is 940. The maximum atomic E-state index is 12.2. The lowest BCUT2D eigenvalue weighted by Gasteiger charge is -2.07. The predicted molar refractivity (Wildman–Crippen MR) is 100 cm³/mol. The number of aldehydes is 1. The Labute approximate surface area is 151 Å². The van der Waals surface area contributed by atoms with Crippen LogP contribution in [-0.4, -0.2) is 22.4 Å². The molecule has 0 unspecified atom stereocenters. The van der Waals surface area contributed by atoms with Crippen molar-refractivity contribution in [2.75, 3.05) is 5.32 Å². The zero-order valence-electron chi connectivity index (χ0n) is 14.2. The van der Waals surface area contributed by atoms with Gasteiger partial charge in [-0.2, -0.15) is 5.10 Å². The summed E-state index contributed by atoms with van der Waals surface area (Å²) in [6, 6.07) is 17.1. The zero-order chi connectivity index (χ0) is 17.9. The SMILES string of the molecule is O=Cc1ccccc1-c1ccc(CC(=O)Nc2cc(C3CC3)[nH]n2)cc1. The van der Waals surface area contributed by atoms with Gasteiger partial charge in [-0.15, -0.1) is 0 Å². The van der Waals surface area contributed by atoms with Gasteiger partial charge in [0.2, 0.25) is 5.91 Å². The summed E-state index contributed by atoms with van der Waals surface area (Å²) < 4.78 is 0. The molecule has 0 bridgehead atoms. The smallest absolute Gasteiger partial charge is 0.229 e. The highest BCUT2D eigenvalue weighted by Gasteiger charge is 2.25. The Morgan fingerprint density at radius 1 is 1.15 bits per heavy atom. The van der Waals surface area contributed by atoms with Crippen LogP contribution in [-0.2, 0) is 11.2 Å². The third-order valence-electron chi connectivity index (χ3n) is 4.60. The van der Waals surface area contributed by atoms with E-state index in [1.54, 1.807) is 6.07 Å². The predicted octanol–water partition coefficient (Wildman–Crippen LogP) is 3.95. The van der Waals surface area contributed by atoms with Crippen molar-refractivity contribution in [2.24, 2.45) is 0 Å². The van der Waals surface area contributed by atoms with Gasteiger partial charge >= 0.3 is 0 Å². The van der Waals surface area contributed by atoms with Crippen LogP contribution in [0, 0.1) is 0 Å². The molecule has 0 atom stereocenters. The van der Waals surface area contributed by atoms with Gasteiger partial charge in [0.05, 0.1) is 6.42 Å². The summed E-state index contributed by atoms with van der Waals surface area (Å²) in [4.78, 5) is 23.4. The number of rotatable bonds is 6. The molecule has 130 valence electrons. The van der Waals surface area contributed by atoms with E-state index < -0.39 is 0 Å². The van der Waals surface area contributed by atoms with Gasteiger partial charge in [-0.1, -0.05) is 48.5 Å². The molecule has 0 radical (unpaired) electrons. The van der Waals surface area contributed by atoms with E-state index in [9.17, 15) is 9.59 Å². The number of H-pyrrole nitrogens is 1. The molecular weight excluding hydrogens is 326 g/mol. The topological polar surface area (TPSA) is 74.8 Å². The molecule has 1 saturated carbocycles. The highest BCUT2D eigenvalue weighted by atomic mass is 16.1. The van der Waals surface area contributed by atoms with Crippen molar-refractivity contribution in [1.29, 1.82) is 0 Å². The minimum atomic E-state index is -0.0973. The molecule has 0 spiro atoms. The van der Waals surface area contributed by atoms with Crippen molar-refractivity contribution in [3.8, 4) is 11.1 Å². The second kappa shape index (κ2) is 6.96. The molecule has 5 heteroatoms. The minimum absolute atomic E-state index is 0.0973. The molecule has 2 N–H and O–H groups in total. The number of aromatic nitrogens is 2. The fourth-order valence-corrected chi connectivity index (χ4v) is 3.04. The first-order chi connectivity index (χ1) is 12.7. The molecule has 2 aromatic carbocycles. The van der Waals surface area contributed by atoms with Gasteiger partial charge in [0.1, 0.15) is 0 Å². The highest BCUT2D eigenvalue weighted by molar-refractivity contribution is 5.91. The largest absolute Gasteiger partial charge is 0.309 e. The first-order valence-corrected chi connectivity index (χ1v) is 8.71. The van der Waals surface area contributed by atoms with E-state index in [1.165, 1.54) is 12.8 Å². The van der Waals surface area contributed by atoms with Crippen molar-refractivity contribution in [2.45, 2.75) is 25.2 Å². The monoisotopic (exact) mass is 345 g/mol. The van der Waals surface area contributed by atoms with E-state index in [0.717, 1.165) is 28.7 Å². The summed E-state index contributed by atoms with van der Waals surface area (Å²) in [5.74, 6) is 1.06. The number of benzene rings is 2. The van der Waals surface area contributed by atoms with E-state index in [1.807, 2.05) is 48.5 Å². The summed E-state index contributed by atoms with van der Waals surface area (Å²) >= 11 is 0. The van der Waals surface area contributed by atoms with E-state index in [-0.39, 0.29) is 12.3 Å². The van der Waals surface area contributed by atoms with Gasteiger partial charge in [-0.3, -0.25) is 14.7 Å². The number of hydrogen-bond acceptors (Lipinski definition) is 3. The number of anilines is 1. The van der Waals surface area contributed by atoms with Crippen molar-refractivity contribution in [3.05, 3.63) is 71.4 Å². The van der Waals surface area contributed by atoms with Crippen LogP contribution in [0.15, 0.2) is 54.6 Å². The highest BCUT2D eigenvalue weighted by Crippen LogP contribution is 2.39. The number of aromatic amines is 1. The van der Waals surface area contributed by atoms with Gasteiger partial charge in [0.25, 0.3) is 0 Å². The fraction of sp³-hybridized carbons (Fsp3) is 0.190. The van der Waals surface area contributed by atoms with Crippen molar-refractivity contribution < 1.29 is 9.59 Å². The maximum absolute atomic E-state index is 12.2. The van der Waals surface area contributed by atoms with Crippen molar-refractivity contribution in [1.82, 2.24) is 10.2 Å². The quantitative estimate of drug-likeness (QED) is 0.664. The summed E-state index contributed by atoms with van der Waals surface area (Å²) in [5.41, 5.74) is 4.51. The molecule has 26 heavy (non-hydrogen) atoms. The molecule has 5 nitrogen and oxygen atoms in total. The molecule has 1 aliphatic carbocycles. The summed E-state index contributed by atoms with van der Waals surface area (Å²) in [6.45, 7) is 0. The van der Waals surface area contributed by atoms with Crippen LogP contribution < -0.4 is 5.32 Å². The Morgan fingerprint density at radius 3 is 2.65 bits per heavy atom. The van der Waals surface area contributed by atoms with Gasteiger partial charge in [-0.05, 0) is 29.5 Å². The number of nitrogens with zero attached hydrogens (tertiary/aromatic N) is 1. The van der Waals surface area contributed by atoms with E-state index in [2.05, 4.69) is 15.5 Å². The fourth-order valence-electron chi connectivity index (χ4n) is 3.04. The molecule has 0 aliphatic heterocycles. The third-order valence-corrected chi connectivity index (χ3v) is 4.60. The third kappa shape index (κ3) is 3.57. The van der Waals surface area contributed by atoms with Crippen LogP contribution in [0.4, 0.5) is 5.82 Å². The normalized spacial score (nSPS) is 13.4. The Kier molecular flexibility index (Phi) is 4.35. The van der Waals surface area contributed by atoms with Gasteiger partial charge in [0.15, 0.2) is 12.1 Å². The van der Waals surface area contributed by atoms with Crippen LogP contribution in [0.1, 0.15) is 40.4 Å². The lowest BCUT2D eigenvalue weighted by atomic mass is 9.99. The number of amides is 1. The average molecular weight is 345 g/mol. The first-order valence-electron chi connectivity index (χ1n) is 8.71. The molecule has 1 amide bonds. The molecule has 4 rings (SSSR count). The lowest BCUT2D eigenvalue weighted by Crippen LogP contribution is -2.14. The summed E-state index contributed by atoms with van der Waals surface area (Å²) in [6.07, 6.45) is 3.52. The average Bonchev–Trinajstić information content (AvgIpc) is 3.42. The van der Waals surface area contributed by atoms with E-state index in [4.69, 9.17) is 0 Å². The second-order valence-corrected chi connectivity index (χ2v) is 6.61. The maximum Gasteiger partial charge on any atom is 0.229 e. The molecule has 1 aliphatic rings. The van der Waals surface area contributed by atoms with Crippen molar-refractivity contribution >= 4 is 18.0 Å². The standard InChI is InChI=1S/C21H19N3O2/c25-13-17-3-1-2-4-18(17)15-7-5-14(6-8-15)11-21(26)22-20-12-19(23-24-20)16-9-10-16/h1-8,12-13,16H,9-11H2,(H2,22,23,24,26). The minimum Gasteiger partial charge on any atom is -0.309 e. The van der Waals surface area contributed by atoms with Gasteiger partial charge < -0.3 is 5.32 Å². The van der Waals surface area contributed by atoms with E-state index in [0.29, 0.717) is 17.3 Å². The van der Waals surface area contributed by atoms with Gasteiger partial charge in [0, 0.05) is 23.2 Å². The Hall–Kier alpha value is -3.21. The molecule has 1 fully saturated rings. The molecular formula is C21H19N3O2. The van der Waals surface area contributed by atoms with Gasteiger partial charge in [-0.25, -0.2) is 0 Å². The number of hydrogen-bond donors (Lipinski definition) is 2. The summed E-state index contributed by atoms with van der Waals surface area (Å²) in [7, 11) is 0. The molecule has 0 saturated heterocycles. The number of carbonyl (C=O) groups excluding carboxylic acids is 2. The second-order valence-electron chi connectivity index (χ2n) is 6.61. The van der Waals surface area contributed by atoms with Crippen LogP contribution in [0.3, 0.4) is 0 Å². The molecule has 1 heterocycles. The van der Waals surface area contributed by atoms with Crippen LogP contribution >= 0.6 is 0 Å². The van der Waals surface area contributed by atoms with Crippen molar-refractivity contribution in [3.63, 3.8) is 0 Å². The Morgan fingerprint density at radius 2 is 1.92 bits per heavy atom. The Balaban J connectivity index is 1.41. The zero-order valence-corrected chi connectivity index (χ0v) is 14.2. The number of nitrogens with one attached hydrogen (secondary N) is 2. The number of carbonyl (C=O) groups is 2. The van der Waals surface area contributed by atoms with Crippen LogP contribution in [0.25, 0.3) is 11.1 Å². The van der Waals surface area contributed by atoms with Crippen LogP contribution in [0.2, 0.25) is 0 Å². The summed E-state index contributed by atoms with van der Waals surface area (Å²) in [5, 5.41) is 9.95. The molecule has 1 aromatic heterocycles. The first kappa shape index (κ1) is 16.3. The van der Waals surface area contributed by atoms with E-state index >= 15 is 0 Å².